The molecule has 0 saturated carbocycles. The number of aromatic carboxylic acids is 1. The molecule has 78 valence electrons. The summed E-state index contributed by atoms with van der Waals surface area (Å²) in [6.45, 7) is 1.35. The molecule has 0 radical (unpaired) electrons. The first-order valence-electron chi connectivity index (χ1n) is 3.90. The molecule has 1 aromatic heterocycles. The summed E-state index contributed by atoms with van der Waals surface area (Å²) in [6, 6.07) is 2.29. The minimum atomic E-state index is -2.91. The van der Waals surface area contributed by atoms with Crippen molar-refractivity contribution in [2.24, 2.45) is 0 Å². The molecule has 1 rings (SSSR count). The number of nitrogens with zero attached hydrogens (tertiary/aromatic N) is 2. The van der Waals surface area contributed by atoms with Crippen LogP contribution >= 0.6 is 0 Å². The first-order valence-corrected chi connectivity index (χ1v) is 3.90. The maximum absolute atomic E-state index is 12.4. The van der Waals surface area contributed by atoms with E-state index in [1.165, 1.54) is 13.0 Å². The van der Waals surface area contributed by atoms with Gasteiger partial charge < -0.3 is 5.11 Å². The summed E-state index contributed by atoms with van der Waals surface area (Å²) in [5.74, 6) is -1.34. The van der Waals surface area contributed by atoms with E-state index in [2.05, 4.69) is 4.98 Å². The Balaban J connectivity index is 3.45. The van der Waals surface area contributed by atoms with Gasteiger partial charge in [0.1, 0.15) is 11.8 Å². The number of hydrogen-bond acceptors (Lipinski definition) is 3. The first kappa shape index (κ1) is 11.0. The molecule has 6 heteroatoms. The predicted octanol–water partition coefficient (Wildman–Crippen LogP) is 1.90. The highest BCUT2D eigenvalue weighted by Crippen LogP contribution is 2.23. The zero-order valence-electron chi connectivity index (χ0n) is 7.66. The van der Waals surface area contributed by atoms with Crippen molar-refractivity contribution in [1.29, 1.82) is 5.26 Å². The van der Waals surface area contributed by atoms with E-state index in [-0.39, 0.29) is 11.3 Å². The Bertz CT molecular complexity index is 452. The van der Waals surface area contributed by atoms with Gasteiger partial charge in [-0.15, -0.1) is 0 Å². The smallest absolute Gasteiger partial charge is 0.337 e. The molecule has 15 heavy (non-hydrogen) atoms. The number of carboxylic acid groups (broad SMARTS) is 1. The summed E-state index contributed by atoms with van der Waals surface area (Å²) in [7, 11) is 0. The van der Waals surface area contributed by atoms with Gasteiger partial charge in [-0.1, -0.05) is 0 Å². The molecule has 0 saturated heterocycles. The Hall–Kier alpha value is -2.03. The number of pyridine rings is 1. The van der Waals surface area contributed by atoms with Crippen molar-refractivity contribution in [3.05, 3.63) is 28.6 Å². The minimum absolute atomic E-state index is 0.0449. The summed E-state index contributed by atoms with van der Waals surface area (Å²) in [4.78, 5) is 14.1. The average molecular weight is 212 g/mol. The lowest BCUT2D eigenvalue weighted by molar-refractivity contribution is 0.0695. The molecule has 0 fully saturated rings. The SMILES string of the molecule is Cc1nc(C#N)c(C(F)F)cc1C(=O)O. The van der Waals surface area contributed by atoms with Crippen LogP contribution in [0.3, 0.4) is 0 Å². The van der Waals surface area contributed by atoms with Crippen molar-refractivity contribution in [1.82, 2.24) is 4.98 Å². The third-order valence-corrected chi connectivity index (χ3v) is 1.81. The van der Waals surface area contributed by atoms with Crippen LogP contribution in [-0.4, -0.2) is 16.1 Å². The molecular formula is C9H6F2N2O2. The van der Waals surface area contributed by atoms with E-state index in [0.717, 1.165) is 6.07 Å². The molecule has 1 N–H and O–H groups in total. The Morgan fingerprint density at radius 3 is 2.67 bits per heavy atom. The van der Waals surface area contributed by atoms with Gasteiger partial charge in [0.2, 0.25) is 0 Å². The maximum Gasteiger partial charge on any atom is 0.337 e. The molecule has 1 heterocycles. The third-order valence-electron chi connectivity index (χ3n) is 1.81. The van der Waals surface area contributed by atoms with Gasteiger partial charge in [0.05, 0.1) is 16.8 Å². The molecule has 0 amide bonds. The first-order chi connectivity index (χ1) is 6.97. The second kappa shape index (κ2) is 4.00. The quantitative estimate of drug-likeness (QED) is 0.812. The zero-order chi connectivity index (χ0) is 11.6. The van der Waals surface area contributed by atoms with Crippen LogP contribution in [0.25, 0.3) is 0 Å². The number of aromatic nitrogens is 1. The molecule has 4 nitrogen and oxygen atoms in total. The normalized spacial score (nSPS) is 10.1. The van der Waals surface area contributed by atoms with Gasteiger partial charge >= 0.3 is 5.97 Å². The van der Waals surface area contributed by atoms with Gasteiger partial charge in [0, 0.05) is 0 Å². The van der Waals surface area contributed by atoms with E-state index in [9.17, 15) is 13.6 Å². The number of aryl methyl sites for hydroxylation is 1. The Morgan fingerprint density at radius 1 is 1.67 bits per heavy atom. The topological polar surface area (TPSA) is 74.0 Å². The predicted molar refractivity (Wildman–Crippen MR) is 45.6 cm³/mol. The van der Waals surface area contributed by atoms with E-state index in [1.807, 2.05) is 0 Å². The molecule has 0 atom stereocenters. The monoisotopic (exact) mass is 212 g/mol. The fourth-order valence-corrected chi connectivity index (χ4v) is 1.09. The average Bonchev–Trinajstić information content (AvgIpc) is 2.16. The van der Waals surface area contributed by atoms with E-state index in [0.29, 0.717) is 0 Å². The van der Waals surface area contributed by atoms with Crippen LogP contribution in [0.15, 0.2) is 6.07 Å². The van der Waals surface area contributed by atoms with Crippen molar-refractivity contribution in [2.75, 3.05) is 0 Å². The van der Waals surface area contributed by atoms with Crippen LogP contribution in [-0.2, 0) is 0 Å². The fourth-order valence-electron chi connectivity index (χ4n) is 1.09. The lowest BCUT2D eigenvalue weighted by atomic mass is 10.1. The molecule has 0 spiro atoms. The third kappa shape index (κ3) is 2.07. The van der Waals surface area contributed by atoms with Crippen LogP contribution in [0.1, 0.15) is 33.7 Å². The maximum atomic E-state index is 12.4. The van der Waals surface area contributed by atoms with Crippen molar-refractivity contribution < 1.29 is 18.7 Å². The number of nitriles is 1. The number of hydrogen-bond donors (Lipinski definition) is 1. The van der Waals surface area contributed by atoms with Crippen molar-refractivity contribution in [3.63, 3.8) is 0 Å². The van der Waals surface area contributed by atoms with Crippen molar-refractivity contribution in [3.8, 4) is 6.07 Å². The molecule has 0 aliphatic heterocycles. The molecule has 1 aromatic rings. The molecular weight excluding hydrogens is 206 g/mol. The minimum Gasteiger partial charge on any atom is -0.478 e. The van der Waals surface area contributed by atoms with Gasteiger partial charge in [0.25, 0.3) is 6.43 Å². The van der Waals surface area contributed by atoms with Gasteiger partial charge in [-0.05, 0) is 13.0 Å². The number of carbonyl (C=O) groups is 1. The summed E-state index contributed by atoms with van der Waals surface area (Å²) in [5, 5.41) is 17.2. The highest BCUT2D eigenvalue weighted by atomic mass is 19.3. The number of rotatable bonds is 2. The Labute approximate surface area is 83.8 Å². The van der Waals surface area contributed by atoms with Gasteiger partial charge in [-0.3, -0.25) is 0 Å². The largest absolute Gasteiger partial charge is 0.478 e. The number of alkyl halides is 2. The van der Waals surface area contributed by atoms with Crippen molar-refractivity contribution >= 4 is 5.97 Å². The van der Waals surface area contributed by atoms with E-state index in [1.54, 1.807) is 0 Å². The van der Waals surface area contributed by atoms with E-state index in [4.69, 9.17) is 10.4 Å². The van der Waals surface area contributed by atoms with Crippen LogP contribution in [0.5, 0.6) is 0 Å². The van der Waals surface area contributed by atoms with Crippen LogP contribution in [0.2, 0.25) is 0 Å². The fraction of sp³-hybridized carbons (Fsp3) is 0.222. The molecule has 0 unspecified atom stereocenters. The summed E-state index contributed by atoms with van der Waals surface area (Å²) in [5.41, 5.74) is -1.36. The van der Waals surface area contributed by atoms with Gasteiger partial charge in [0.15, 0.2) is 0 Å². The van der Waals surface area contributed by atoms with Gasteiger partial charge in [-0.25, -0.2) is 18.6 Å². The molecule has 0 bridgehead atoms. The number of halogens is 2. The van der Waals surface area contributed by atoms with E-state index < -0.39 is 23.7 Å². The molecule has 0 aromatic carbocycles. The zero-order valence-corrected chi connectivity index (χ0v) is 7.66. The highest BCUT2D eigenvalue weighted by molar-refractivity contribution is 5.89. The van der Waals surface area contributed by atoms with Gasteiger partial charge in [-0.2, -0.15) is 5.26 Å². The second-order valence-electron chi connectivity index (χ2n) is 2.78. The highest BCUT2D eigenvalue weighted by Gasteiger charge is 2.19. The lowest BCUT2D eigenvalue weighted by Gasteiger charge is -2.05. The summed E-state index contributed by atoms with van der Waals surface area (Å²) < 4.78 is 24.8. The Kier molecular flexibility index (Phi) is 2.95. The summed E-state index contributed by atoms with van der Waals surface area (Å²) in [6.07, 6.45) is -2.91. The Morgan fingerprint density at radius 2 is 2.27 bits per heavy atom. The summed E-state index contributed by atoms with van der Waals surface area (Å²) >= 11 is 0. The second-order valence-corrected chi connectivity index (χ2v) is 2.78. The van der Waals surface area contributed by atoms with Crippen LogP contribution < -0.4 is 0 Å². The van der Waals surface area contributed by atoms with Crippen LogP contribution in [0.4, 0.5) is 8.78 Å². The number of carboxylic acids is 1. The standard InChI is InChI=1S/C9H6F2N2O2/c1-4-5(9(14)15)2-6(8(10)11)7(3-12)13-4/h2,8H,1H3,(H,14,15). The van der Waals surface area contributed by atoms with Crippen molar-refractivity contribution in [2.45, 2.75) is 13.3 Å². The van der Waals surface area contributed by atoms with E-state index >= 15 is 0 Å². The lowest BCUT2D eigenvalue weighted by Crippen LogP contribution is -2.06. The molecule has 0 aliphatic carbocycles. The van der Waals surface area contributed by atoms with Crippen LogP contribution in [0, 0.1) is 18.3 Å². The molecule has 0 aliphatic rings.